The fourth-order valence-electron chi connectivity index (χ4n) is 4.74. The van der Waals surface area contributed by atoms with Crippen LogP contribution in [0.3, 0.4) is 0 Å². The number of aliphatic hydroxyl groups excluding tert-OH is 1. The average Bonchev–Trinajstić information content (AvgIpc) is 2.74. The van der Waals surface area contributed by atoms with Crippen molar-refractivity contribution >= 4 is 17.1 Å². The molecule has 0 radical (unpaired) electrons. The molecule has 1 aromatic heterocycles. The van der Waals surface area contributed by atoms with Gasteiger partial charge in [-0.05, 0) is 42.2 Å². The topological polar surface area (TPSA) is 88.6 Å². The molecule has 0 atom stereocenters. The minimum absolute atomic E-state index is 0.0422. The molecule has 0 saturated carbocycles. The van der Waals surface area contributed by atoms with Gasteiger partial charge in [-0.2, -0.15) is 5.10 Å². The van der Waals surface area contributed by atoms with Crippen LogP contribution in [0, 0.1) is 6.92 Å². The maximum Gasteiger partial charge on any atom is 0.166 e. The maximum atomic E-state index is 12.3. The highest BCUT2D eigenvalue weighted by Gasteiger charge is 2.34. The fraction of sp³-hybridized carbons (Fsp3) is 0.370. The van der Waals surface area contributed by atoms with E-state index in [9.17, 15) is 9.90 Å². The lowest BCUT2D eigenvalue weighted by atomic mass is 9.67. The molecular formula is C27H31N3O2. The molecule has 5 nitrogen and oxygen atoms in total. The van der Waals surface area contributed by atoms with Gasteiger partial charge in [0.15, 0.2) is 5.78 Å². The Morgan fingerprint density at radius 2 is 1.72 bits per heavy atom. The van der Waals surface area contributed by atoms with Crippen LogP contribution in [0.1, 0.15) is 80.5 Å². The summed E-state index contributed by atoms with van der Waals surface area (Å²) in [5.41, 5.74) is 6.69. The number of hydrazone groups is 1. The lowest BCUT2D eigenvalue weighted by Gasteiger charge is -2.37. The Kier molecular flexibility index (Phi) is 5.32. The largest absolute Gasteiger partial charge is 0.512 e. The number of Topliss-reactive ketones (excluding diaryl/α,β-unsaturated/α-hetero) is 1. The highest BCUT2D eigenvalue weighted by atomic mass is 16.3. The van der Waals surface area contributed by atoms with E-state index in [2.05, 4.69) is 69.0 Å². The van der Waals surface area contributed by atoms with Gasteiger partial charge in [0, 0.05) is 41.0 Å². The first-order chi connectivity index (χ1) is 15.0. The van der Waals surface area contributed by atoms with E-state index in [0.717, 1.165) is 11.1 Å². The molecule has 0 unspecified atom stereocenters. The molecule has 2 aliphatic rings. The molecule has 3 N–H and O–H groups in total. The minimum atomic E-state index is -0.102. The van der Waals surface area contributed by atoms with Crippen molar-refractivity contribution in [2.75, 3.05) is 0 Å². The third-order valence-corrected chi connectivity index (χ3v) is 6.73. The summed E-state index contributed by atoms with van der Waals surface area (Å²) in [7, 11) is 0. The third-order valence-electron chi connectivity index (χ3n) is 6.73. The summed E-state index contributed by atoms with van der Waals surface area (Å²) in [6.45, 7) is 11.0. The zero-order chi connectivity index (χ0) is 23.3. The molecule has 0 fully saturated rings. The zero-order valence-electron chi connectivity index (χ0n) is 19.5. The molecule has 1 heterocycles. The zero-order valence-corrected chi connectivity index (χ0v) is 19.5. The second-order valence-corrected chi connectivity index (χ2v) is 10.00. The number of nitrogens with two attached hydrogens (primary N) is 1. The normalized spacial score (nSPS) is 19.8. The van der Waals surface area contributed by atoms with Gasteiger partial charge in [-0.1, -0.05) is 52.0 Å². The van der Waals surface area contributed by atoms with Crippen molar-refractivity contribution in [3.05, 3.63) is 81.9 Å². The standard InChI is InChI=1S/C27H31N3O2/c1-16-13-19-20(27(4,5)12-11-26(19,2)3)14-18(16)25(30-28)21-10-9-17(15-29-21)24-22(31)7-6-8-23(24)32/h9-15,31H,6-8,28H2,1-5H3/b30-25+. The number of pyridine rings is 1. The second-order valence-electron chi connectivity index (χ2n) is 10.00. The minimum Gasteiger partial charge on any atom is -0.512 e. The van der Waals surface area contributed by atoms with Crippen LogP contribution in [0.5, 0.6) is 0 Å². The van der Waals surface area contributed by atoms with Gasteiger partial charge in [0.25, 0.3) is 0 Å². The highest BCUT2D eigenvalue weighted by molar-refractivity contribution is 6.22. The molecule has 0 saturated heterocycles. The van der Waals surface area contributed by atoms with Gasteiger partial charge < -0.3 is 10.9 Å². The molecule has 2 aliphatic carbocycles. The molecule has 5 heteroatoms. The molecule has 4 rings (SSSR count). The van der Waals surface area contributed by atoms with Crippen LogP contribution in [-0.2, 0) is 15.6 Å². The van der Waals surface area contributed by atoms with Gasteiger partial charge in [-0.15, -0.1) is 0 Å². The smallest absolute Gasteiger partial charge is 0.166 e. The van der Waals surface area contributed by atoms with Gasteiger partial charge in [-0.25, -0.2) is 0 Å². The molecule has 32 heavy (non-hydrogen) atoms. The number of hydrogen-bond donors (Lipinski definition) is 2. The van der Waals surface area contributed by atoms with Gasteiger partial charge in [0.1, 0.15) is 11.5 Å². The number of aliphatic hydroxyl groups is 1. The van der Waals surface area contributed by atoms with Gasteiger partial charge in [0.05, 0.1) is 11.3 Å². The van der Waals surface area contributed by atoms with Crippen molar-refractivity contribution in [2.45, 2.75) is 64.7 Å². The van der Waals surface area contributed by atoms with E-state index in [0.29, 0.717) is 41.8 Å². The molecule has 0 amide bonds. The molecule has 166 valence electrons. The van der Waals surface area contributed by atoms with E-state index in [-0.39, 0.29) is 22.4 Å². The molecule has 0 aliphatic heterocycles. The summed E-state index contributed by atoms with van der Waals surface area (Å²) in [6, 6.07) is 8.05. The Labute approximate surface area is 189 Å². The molecule has 1 aromatic carbocycles. The second kappa shape index (κ2) is 7.73. The number of carbonyl (C=O) groups is 1. The summed E-state index contributed by atoms with van der Waals surface area (Å²) >= 11 is 0. The van der Waals surface area contributed by atoms with E-state index in [4.69, 9.17) is 5.84 Å². The fourth-order valence-corrected chi connectivity index (χ4v) is 4.74. The van der Waals surface area contributed by atoms with Crippen LogP contribution < -0.4 is 5.84 Å². The van der Waals surface area contributed by atoms with E-state index in [1.165, 1.54) is 11.1 Å². The number of rotatable bonds is 3. The van der Waals surface area contributed by atoms with Crippen molar-refractivity contribution < 1.29 is 9.90 Å². The maximum absolute atomic E-state index is 12.3. The van der Waals surface area contributed by atoms with Crippen molar-refractivity contribution in [1.82, 2.24) is 4.98 Å². The molecule has 0 bridgehead atoms. The van der Waals surface area contributed by atoms with Gasteiger partial charge >= 0.3 is 0 Å². The first kappa shape index (κ1) is 22.0. The van der Waals surface area contributed by atoms with Crippen molar-refractivity contribution in [1.29, 1.82) is 0 Å². The Morgan fingerprint density at radius 3 is 2.28 bits per heavy atom. The number of benzene rings is 1. The van der Waals surface area contributed by atoms with Crippen LogP contribution in [0.25, 0.3) is 5.57 Å². The molecule has 0 spiro atoms. The van der Waals surface area contributed by atoms with E-state index in [1.54, 1.807) is 6.20 Å². The quantitative estimate of drug-likeness (QED) is 0.302. The van der Waals surface area contributed by atoms with Crippen LogP contribution in [0.15, 0.2) is 53.5 Å². The SMILES string of the molecule is Cc1cc2c(cc1/C(=N\N)c1ccc(C3=C(O)CCCC3=O)cn1)C(C)(C)C=CC2(C)C. The number of aryl methyl sites for hydroxylation is 1. The Balaban J connectivity index is 1.77. The number of nitrogens with zero attached hydrogens (tertiary/aromatic N) is 2. The van der Waals surface area contributed by atoms with Crippen molar-refractivity contribution in [2.24, 2.45) is 10.9 Å². The van der Waals surface area contributed by atoms with E-state index >= 15 is 0 Å². The van der Waals surface area contributed by atoms with E-state index in [1.807, 2.05) is 12.1 Å². The summed E-state index contributed by atoms with van der Waals surface area (Å²) < 4.78 is 0. The van der Waals surface area contributed by atoms with Gasteiger partial charge in [-0.3, -0.25) is 9.78 Å². The predicted octanol–water partition coefficient (Wildman–Crippen LogP) is 5.25. The van der Waals surface area contributed by atoms with Crippen LogP contribution in [-0.4, -0.2) is 21.6 Å². The number of aromatic nitrogens is 1. The van der Waals surface area contributed by atoms with Crippen molar-refractivity contribution in [3.63, 3.8) is 0 Å². The third kappa shape index (κ3) is 3.66. The number of fused-ring (bicyclic) bond motifs is 1. The lowest BCUT2D eigenvalue weighted by Crippen LogP contribution is -2.30. The number of ketones is 1. The Hall–Kier alpha value is -3.21. The number of allylic oxidation sites excluding steroid dienone is 4. The summed E-state index contributed by atoms with van der Waals surface area (Å²) in [4.78, 5) is 16.9. The monoisotopic (exact) mass is 429 g/mol. The van der Waals surface area contributed by atoms with Crippen LogP contribution in [0.2, 0.25) is 0 Å². The first-order valence-corrected chi connectivity index (χ1v) is 11.1. The molecule has 2 aromatic rings. The average molecular weight is 430 g/mol. The number of hydrogen-bond acceptors (Lipinski definition) is 5. The summed E-state index contributed by atoms with van der Waals surface area (Å²) in [5.74, 6) is 5.96. The lowest BCUT2D eigenvalue weighted by molar-refractivity contribution is -0.114. The predicted molar refractivity (Wildman–Crippen MR) is 129 cm³/mol. The van der Waals surface area contributed by atoms with Gasteiger partial charge in [0.2, 0.25) is 0 Å². The Bertz CT molecular complexity index is 1180. The molecular weight excluding hydrogens is 398 g/mol. The first-order valence-electron chi connectivity index (χ1n) is 11.1. The van der Waals surface area contributed by atoms with E-state index < -0.39 is 0 Å². The summed E-state index contributed by atoms with van der Waals surface area (Å²) in [5, 5.41) is 14.3. The van der Waals surface area contributed by atoms with Crippen molar-refractivity contribution in [3.8, 4) is 0 Å². The highest BCUT2D eigenvalue weighted by Crippen LogP contribution is 2.42. The number of carbonyl (C=O) groups excluding carboxylic acids is 1. The van der Waals surface area contributed by atoms with Crippen LogP contribution in [0.4, 0.5) is 0 Å². The Morgan fingerprint density at radius 1 is 1.06 bits per heavy atom. The van der Waals surface area contributed by atoms with Crippen LogP contribution >= 0.6 is 0 Å². The summed E-state index contributed by atoms with van der Waals surface area (Å²) in [6.07, 6.45) is 7.83.